The first kappa shape index (κ1) is 119. The van der Waals surface area contributed by atoms with Gasteiger partial charge in [-0.05, 0) is 63.8 Å². The van der Waals surface area contributed by atoms with E-state index in [1.165, 1.54) is 64.1 Å². The molecule has 800 valence electrons. The van der Waals surface area contributed by atoms with Crippen molar-refractivity contribution in [2.24, 2.45) is 0 Å². The molecule has 0 spiro atoms. The van der Waals surface area contributed by atoms with Crippen LogP contribution in [0.1, 0.15) is 69.4 Å². The van der Waals surface area contributed by atoms with E-state index < -0.39 is 291 Å². The van der Waals surface area contributed by atoms with Crippen LogP contribution < -0.4 is 45.0 Å². The van der Waals surface area contributed by atoms with Crippen molar-refractivity contribution in [3.05, 3.63) is 273 Å². The second-order valence-electron chi connectivity index (χ2n) is 31.3. The summed E-state index contributed by atoms with van der Waals surface area (Å²) in [5.41, 5.74) is -9.37. The zero-order valence-electron chi connectivity index (χ0n) is 73.4. The van der Waals surface area contributed by atoms with Crippen molar-refractivity contribution in [1.82, 2.24) is 36.5 Å². The summed E-state index contributed by atoms with van der Waals surface area (Å²) in [6, 6.07) is 18.5. The third kappa shape index (κ3) is 31.4. The third-order valence-corrected chi connectivity index (χ3v) is 29.3. The van der Waals surface area contributed by atoms with Crippen LogP contribution in [0.15, 0.2) is 160 Å². The van der Waals surface area contributed by atoms with Gasteiger partial charge in [-0.3, -0.25) is 73.8 Å². The Kier molecular flexibility index (Phi) is 39.1. The van der Waals surface area contributed by atoms with E-state index in [0.29, 0.717) is 21.3 Å². The number of rotatable bonds is 36. The maximum atomic E-state index is 14.8. The van der Waals surface area contributed by atoms with Crippen LogP contribution in [-0.4, -0.2) is 236 Å². The predicted octanol–water partition coefficient (Wildman–Crippen LogP) is -0.719. The van der Waals surface area contributed by atoms with E-state index in [4.69, 9.17) is 58.1 Å². The number of aryl methyl sites for hydroxylation is 6. The van der Waals surface area contributed by atoms with Crippen LogP contribution in [0.4, 0.5) is 35.1 Å². The van der Waals surface area contributed by atoms with Crippen molar-refractivity contribution in [3.8, 4) is 0 Å². The molecule has 8 unspecified atom stereocenters. The highest BCUT2D eigenvalue weighted by Gasteiger charge is 2.52. The topological polar surface area (TPSA) is 828 Å². The van der Waals surface area contributed by atoms with Gasteiger partial charge < -0.3 is 119 Å². The molecule has 4 aliphatic rings. The summed E-state index contributed by atoms with van der Waals surface area (Å²) in [5, 5.41) is 82.4. The van der Waals surface area contributed by atoms with Crippen molar-refractivity contribution in [2.45, 2.75) is 177 Å². The smallest absolute Gasteiger partial charge is 0.387 e. The molecule has 4 fully saturated rings. The number of halogens is 8. The standard InChI is InChI=1S/4C18H22F2N2O12P2/c2*1-9-7-22(18(26)21(16(9)25)5-4-10-2-3-11(19)6-12(10)20)17-15(24)14(23)13(33-17)8-32-36(30,31)34-35(27,28)29;2*1-10-7-21(17(26)22(15(10)25)9-18(19,20)11-5-3-2-4-6-11)16-14(24)13(23)12(33-16)8-32-36(30,31)34-35(27,28)29/h2*2-3,6-7,13-15,17,23-24H,4-5,8H2,1H3,(H,30,31)(H2,27,28,29);2*2-7,12-14,16,23-24H,8-9H2,1H3,(H,30,31)(H2,27,28,29)/t2*13-,14+,15?,17-;2*12-,13+,14?,16-/m1111/s1. The van der Waals surface area contributed by atoms with Crippen LogP contribution in [0.5, 0.6) is 0 Å². The Labute approximate surface area is 797 Å². The fourth-order valence-electron chi connectivity index (χ4n) is 14.0. The quantitative estimate of drug-likeness (QED) is 0.0170. The largest absolute Gasteiger partial charge is 0.481 e. The lowest BCUT2D eigenvalue weighted by atomic mass is 10.1. The molecule has 0 radical (unpaired) electrons. The van der Waals surface area contributed by atoms with Gasteiger partial charge in [-0.15, -0.1) is 0 Å². The maximum absolute atomic E-state index is 14.8. The fraction of sp³-hybridized carbons (Fsp3) is 0.444. The van der Waals surface area contributed by atoms with Gasteiger partial charge in [0.2, 0.25) is 0 Å². The maximum Gasteiger partial charge on any atom is 0.481 e. The Bertz CT molecular complexity index is 6520. The number of phosphoric acid groups is 8. The van der Waals surface area contributed by atoms with Crippen molar-refractivity contribution in [3.63, 3.8) is 0 Å². The summed E-state index contributed by atoms with van der Waals surface area (Å²) in [7, 11) is -42.9. The van der Waals surface area contributed by atoms with Crippen LogP contribution in [0.2, 0.25) is 0 Å². The molecule has 20 atom stereocenters. The number of benzene rings is 4. The molecule has 4 aromatic heterocycles. The van der Waals surface area contributed by atoms with E-state index in [2.05, 4.69) is 35.3 Å². The normalized spacial score (nSPS) is 24.3. The van der Waals surface area contributed by atoms with Gasteiger partial charge in [0.15, 0.2) is 24.9 Å². The molecule has 4 saturated heterocycles. The summed E-state index contributed by atoms with van der Waals surface area (Å²) < 4.78 is 261. The number of ether oxygens (including phenoxy) is 4. The molecule has 72 heteroatoms. The first-order valence-corrected chi connectivity index (χ1v) is 52.4. The predicted molar refractivity (Wildman–Crippen MR) is 459 cm³/mol. The molecule has 8 aromatic rings. The third-order valence-electron chi connectivity index (χ3n) is 20.7. The number of aliphatic hydroxyl groups is 8. The molecule has 144 heavy (non-hydrogen) atoms. The van der Waals surface area contributed by atoms with Gasteiger partial charge in [-0.1, -0.05) is 72.8 Å². The number of nitrogens with zero attached hydrogens (tertiary/aromatic N) is 8. The highest BCUT2D eigenvalue weighted by molar-refractivity contribution is 7.62. The minimum Gasteiger partial charge on any atom is -0.387 e. The molecule has 4 aliphatic heterocycles. The molecular formula is C72H88F8N8O48P8. The summed E-state index contributed by atoms with van der Waals surface area (Å²) in [4.78, 5) is 208. The van der Waals surface area contributed by atoms with Crippen molar-refractivity contribution in [1.29, 1.82) is 0 Å². The van der Waals surface area contributed by atoms with Gasteiger partial charge in [0.25, 0.3) is 34.1 Å². The minimum absolute atomic E-state index is 0.00840. The molecule has 4 aromatic carbocycles. The summed E-state index contributed by atoms with van der Waals surface area (Å²) in [6.07, 6.45) is -24.3. The number of hydrogen-bond donors (Lipinski definition) is 20. The Balaban J connectivity index is 0.000000214. The number of phosphoric ester groups is 4. The zero-order chi connectivity index (χ0) is 108. The summed E-state index contributed by atoms with van der Waals surface area (Å²) >= 11 is 0. The van der Waals surface area contributed by atoms with E-state index >= 15 is 0 Å². The second kappa shape index (κ2) is 47.2. The lowest BCUT2D eigenvalue weighted by Crippen LogP contribution is -2.46. The number of hydrogen-bond acceptors (Lipinski definition) is 36. The zero-order valence-corrected chi connectivity index (χ0v) is 80.6. The second-order valence-corrected chi connectivity index (χ2v) is 42.7. The molecule has 12 rings (SSSR count). The molecule has 8 heterocycles. The van der Waals surface area contributed by atoms with E-state index in [9.17, 15) is 170 Å². The highest BCUT2D eigenvalue weighted by Crippen LogP contribution is 2.61. The van der Waals surface area contributed by atoms with Gasteiger partial charge >= 0.3 is 85.3 Å². The van der Waals surface area contributed by atoms with Crippen molar-refractivity contribution in [2.75, 3.05) is 26.4 Å². The van der Waals surface area contributed by atoms with E-state index in [1.807, 2.05) is 0 Å². The monoisotopic (exact) mass is 2230 g/mol. The molecular weight excluding hydrogens is 2140 g/mol. The molecule has 0 saturated carbocycles. The van der Waals surface area contributed by atoms with E-state index in [0.717, 1.165) is 91.6 Å². The summed E-state index contributed by atoms with van der Waals surface area (Å²) in [5.74, 6) is -10.6. The number of aromatic nitrogens is 8. The van der Waals surface area contributed by atoms with Gasteiger partial charge in [0.1, 0.15) is 96.5 Å². The average Bonchev–Trinajstić information content (AvgIpc) is 1.51. The lowest BCUT2D eigenvalue weighted by Gasteiger charge is -2.22. The lowest BCUT2D eigenvalue weighted by molar-refractivity contribution is -0.0571. The van der Waals surface area contributed by atoms with E-state index in [-0.39, 0.29) is 68.4 Å². The minimum atomic E-state index is -5.43. The van der Waals surface area contributed by atoms with Gasteiger partial charge in [0, 0.05) is 83.4 Å². The first-order chi connectivity index (χ1) is 66.2. The SMILES string of the molecule is Cc1cn([C@@H]2O[C@H](COP(=O)(O)OP(=O)(O)O)[C@H](O)C2O)c(=O)n(CC(F)(F)c2ccccc2)c1=O.Cc1cn([C@@H]2O[C@H](COP(=O)(O)OP(=O)(O)O)[C@H](O)C2O)c(=O)n(CC(F)(F)c2ccccc2)c1=O.Cc1cn([C@@H]2O[C@H](COP(=O)(O)OP(=O)(O)O)[C@H](O)C2O)c(=O)n(CCc2ccc(F)cc2F)c1=O.Cc1cn([C@@H]2O[C@H](COP(=O)(O)OP(=O)(O)O)[C@H](O)C2O)c(=O)n(CCc2ccc(F)cc2F)c1=O. The Morgan fingerprint density at radius 1 is 0.319 bits per heavy atom. The molecule has 0 amide bonds. The Morgan fingerprint density at radius 3 is 0.750 bits per heavy atom. The number of aliphatic hydroxyl groups excluding tert-OH is 8. The number of alkyl halides is 4. The first-order valence-electron chi connectivity index (χ1n) is 40.3. The van der Waals surface area contributed by atoms with Crippen molar-refractivity contribution >= 4 is 62.6 Å². The average molecular weight is 2230 g/mol. The Morgan fingerprint density at radius 2 is 0.535 bits per heavy atom. The van der Waals surface area contributed by atoms with Gasteiger partial charge in [-0.2, -0.15) is 34.8 Å². The van der Waals surface area contributed by atoms with Crippen LogP contribution in [0, 0.1) is 51.0 Å². The summed E-state index contributed by atoms with van der Waals surface area (Å²) in [6.45, 7) is -2.28. The van der Waals surface area contributed by atoms with Gasteiger partial charge in [-0.25, -0.2) is 73.3 Å². The molecule has 0 aliphatic carbocycles. The van der Waals surface area contributed by atoms with Crippen LogP contribution in [0.3, 0.4) is 0 Å². The molecule has 0 bridgehead atoms. The van der Waals surface area contributed by atoms with Crippen molar-refractivity contribution < 1.29 is 226 Å². The Hall–Kier alpha value is -8.40. The fourth-order valence-corrected chi connectivity index (χ4v) is 20.4. The molecule has 56 nitrogen and oxygen atoms in total. The van der Waals surface area contributed by atoms with Crippen LogP contribution in [0.25, 0.3) is 0 Å². The van der Waals surface area contributed by atoms with Crippen LogP contribution in [-0.2, 0) is 142 Å². The van der Waals surface area contributed by atoms with Gasteiger partial charge in [0.05, 0.1) is 39.5 Å². The molecule has 20 N–H and O–H groups in total. The van der Waals surface area contributed by atoms with E-state index in [1.54, 1.807) is 0 Å². The highest BCUT2D eigenvalue weighted by atomic mass is 31.3. The van der Waals surface area contributed by atoms with Crippen LogP contribution >= 0.6 is 62.6 Å².